The van der Waals surface area contributed by atoms with Crippen LogP contribution in [0.3, 0.4) is 0 Å². The third-order valence-corrected chi connectivity index (χ3v) is 3.54. The second kappa shape index (κ2) is 4.28. The van der Waals surface area contributed by atoms with Crippen LogP contribution >= 0.6 is 15.9 Å². The van der Waals surface area contributed by atoms with E-state index >= 15 is 0 Å². The molecule has 1 aliphatic rings. The third-order valence-electron chi connectivity index (χ3n) is 3.04. The van der Waals surface area contributed by atoms with Crippen LogP contribution in [0, 0.1) is 6.92 Å². The molecule has 5 heteroatoms. The molecule has 1 aliphatic heterocycles. The summed E-state index contributed by atoms with van der Waals surface area (Å²) in [5.74, 6) is -0.262. The number of aromatic nitrogens is 1. The lowest BCUT2D eigenvalue weighted by molar-refractivity contribution is 0.0925. The molecule has 2 heterocycles. The van der Waals surface area contributed by atoms with Gasteiger partial charge in [-0.1, -0.05) is 22.0 Å². The maximum atomic E-state index is 12.4. The summed E-state index contributed by atoms with van der Waals surface area (Å²) < 4.78 is 0.770. The first-order valence-corrected chi connectivity index (χ1v) is 6.49. The number of anilines is 1. The zero-order valence-electron chi connectivity index (χ0n) is 10.1. The van der Waals surface area contributed by atoms with Gasteiger partial charge in [0.2, 0.25) is 0 Å². The van der Waals surface area contributed by atoms with E-state index in [4.69, 9.17) is 0 Å². The van der Waals surface area contributed by atoms with Gasteiger partial charge in [-0.25, -0.2) is 9.88 Å². The molecule has 0 radical (unpaired) electrons. The maximum absolute atomic E-state index is 12.4. The first kappa shape index (κ1) is 12.0. The van der Waals surface area contributed by atoms with Crippen molar-refractivity contribution in [3.63, 3.8) is 0 Å². The average Bonchev–Trinajstić information content (AvgIpc) is 2.63. The number of halogens is 1. The Labute approximate surface area is 118 Å². The molecular weight excluding hydrogens is 308 g/mol. The van der Waals surface area contributed by atoms with E-state index in [9.17, 15) is 9.59 Å². The molecule has 2 amide bonds. The van der Waals surface area contributed by atoms with Gasteiger partial charge in [-0.05, 0) is 36.8 Å². The Balaban J connectivity index is 2.16. The minimum Gasteiger partial charge on any atom is -0.268 e. The summed E-state index contributed by atoms with van der Waals surface area (Å²) in [6.07, 6.45) is 1.57. The predicted molar refractivity (Wildman–Crippen MR) is 74.3 cm³/mol. The molecule has 4 nitrogen and oxygen atoms in total. The Bertz CT molecular complexity index is 712. The van der Waals surface area contributed by atoms with Gasteiger partial charge in [0.15, 0.2) is 0 Å². The Hall–Kier alpha value is -2.01. The van der Waals surface area contributed by atoms with Crippen molar-refractivity contribution in [2.45, 2.75) is 6.92 Å². The lowest BCUT2D eigenvalue weighted by Gasteiger charge is -2.14. The number of aryl methyl sites for hydroxylation is 1. The minimum absolute atomic E-state index is 0.325. The smallest absolute Gasteiger partial charge is 0.267 e. The van der Waals surface area contributed by atoms with Crippen molar-refractivity contribution in [3.8, 4) is 0 Å². The van der Waals surface area contributed by atoms with Crippen LogP contribution in [0.2, 0.25) is 0 Å². The lowest BCUT2D eigenvalue weighted by Crippen LogP contribution is -2.30. The minimum atomic E-state index is -0.330. The summed E-state index contributed by atoms with van der Waals surface area (Å²) in [5.41, 5.74) is 1.61. The van der Waals surface area contributed by atoms with Gasteiger partial charge in [-0.2, -0.15) is 0 Å². The highest BCUT2D eigenvalue weighted by Gasteiger charge is 2.38. The number of benzene rings is 1. The molecule has 0 saturated heterocycles. The van der Waals surface area contributed by atoms with Crippen LogP contribution in [-0.4, -0.2) is 16.8 Å². The quantitative estimate of drug-likeness (QED) is 0.760. The highest BCUT2D eigenvalue weighted by atomic mass is 79.9. The standard InChI is InChI=1S/C14H9BrN2O2/c1-8-3-2-6-16-12(8)17-13(18)10-5-4-9(15)7-11(10)14(17)19/h2-7H,1H3. The zero-order valence-corrected chi connectivity index (χ0v) is 11.6. The fourth-order valence-electron chi connectivity index (χ4n) is 2.12. The fraction of sp³-hybridized carbons (Fsp3) is 0.0714. The van der Waals surface area contributed by atoms with Gasteiger partial charge in [-0.15, -0.1) is 0 Å². The molecule has 1 aromatic heterocycles. The van der Waals surface area contributed by atoms with Crippen LogP contribution in [0.5, 0.6) is 0 Å². The predicted octanol–water partition coefficient (Wildman–Crippen LogP) is 2.95. The summed E-state index contributed by atoms with van der Waals surface area (Å²) in [6.45, 7) is 1.82. The Morgan fingerprint density at radius 3 is 2.58 bits per heavy atom. The number of pyridine rings is 1. The molecule has 0 spiro atoms. The van der Waals surface area contributed by atoms with E-state index in [1.807, 2.05) is 13.0 Å². The molecule has 0 bridgehead atoms. The van der Waals surface area contributed by atoms with E-state index in [1.54, 1.807) is 30.5 Å². The Morgan fingerprint density at radius 1 is 1.11 bits per heavy atom. The average molecular weight is 317 g/mol. The first-order chi connectivity index (χ1) is 9.09. The second-order valence-corrected chi connectivity index (χ2v) is 5.20. The molecule has 2 aromatic rings. The number of imide groups is 1. The van der Waals surface area contributed by atoms with E-state index < -0.39 is 0 Å². The summed E-state index contributed by atoms with van der Waals surface area (Å²) >= 11 is 3.31. The molecular formula is C14H9BrN2O2. The highest BCUT2D eigenvalue weighted by Crippen LogP contribution is 2.30. The largest absolute Gasteiger partial charge is 0.268 e. The third kappa shape index (κ3) is 1.77. The van der Waals surface area contributed by atoms with Crippen LogP contribution in [0.4, 0.5) is 5.82 Å². The molecule has 19 heavy (non-hydrogen) atoms. The molecule has 3 rings (SSSR count). The van der Waals surface area contributed by atoms with Crippen LogP contribution in [0.15, 0.2) is 41.0 Å². The summed E-state index contributed by atoms with van der Waals surface area (Å²) in [5, 5.41) is 0. The number of fused-ring (bicyclic) bond motifs is 1. The summed E-state index contributed by atoms with van der Waals surface area (Å²) in [7, 11) is 0. The van der Waals surface area contributed by atoms with Crippen LogP contribution in [0.25, 0.3) is 0 Å². The fourth-order valence-corrected chi connectivity index (χ4v) is 2.48. The number of carbonyl (C=O) groups excluding carboxylic acids is 2. The molecule has 0 fully saturated rings. The van der Waals surface area contributed by atoms with Gasteiger partial charge in [0.25, 0.3) is 11.8 Å². The molecule has 0 unspecified atom stereocenters. The highest BCUT2D eigenvalue weighted by molar-refractivity contribution is 9.10. The van der Waals surface area contributed by atoms with Gasteiger partial charge in [0.05, 0.1) is 11.1 Å². The van der Waals surface area contributed by atoms with Crippen molar-refractivity contribution in [1.82, 2.24) is 4.98 Å². The SMILES string of the molecule is Cc1cccnc1N1C(=O)c2ccc(Br)cc2C1=O. The molecule has 0 N–H and O–H groups in total. The molecule has 0 aliphatic carbocycles. The van der Waals surface area contributed by atoms with Crippen molar-refractivity contribution < 1.29 is 9.59 Å². The van der Waals surface area contributed by atoms with E-state index in [-0.39, 0.29) is 11.8 Å². The van der Waals surface area contributed by atoms with Crippen molar-refractivity contribution in [2.75, 3.05) is 4.90 Å². The van der Waals surface area contributed by atoms with E-state index in [1.165, 1.54) is 0 Å². The van der Waals surface area contributed by atoms with Crippen LogP contribution in [0.1, 0.15) is 26.3 Å². The lowest BCUT2D eigenvalue weighted by atomic mass is 10.1. The van der Waals surface area contributed by atoms with Gasteiger partial charge in [0.1, 0.15) is 5.82 Å². The van der Waals surface area contributed by atoms with Crippen molar-refractivity contribution >= 4 is 33.6 Å². The monoisotopic (exact) mass is 316 g/mol. The Kier molecular flexibility index (Phi) is 2.71. The number of hydrogen-bond acceptors (Lipinski definition) is 3. The van der Waals surface area contributed by atoms with Gasteiger partial charge >= 0.3 is 0 Å². The summed E-state index contributed by atoms with van der Waals surface area (Å²) in [6, 6.07) is 8.65. The van der Waals surface area contributed by atoms with Crippen molar-refractivity contribution in [2.24, 2.45) is 0 Å². The topological polar surface area (TPSA) is 50.3 Å². The number of rotatable bonds is 1. The molecule has 0 saturated carbocycles. The summed E-state index contributed by atoms with van der Waals surface area (Å²) in [4.78, 5) is 29.9. The van der Waals surface area contributed by atoms with E-state index in [0.717, 1.165) is 14.9 Å². The van der Waals surface area contributed by atoms with Crippen molar-refractivity contribution in [3.05, 3.63) is 57.7 Å². The number of hydrogen-bond donors (Lipinski definition) is 0. The first-order valence-electron chi connectivity index (χ1n) is 5.69. The normalized spacial score (nSPS) is 13.9. The van der Waals surface area contributed by atoms with E-state index in [0.29, 0.717) is 16.9 Å². The van der Waals surface area contributed by atoms with Gasteiger partial charge in [-0.3, -0.25) is 9.59 Å². The molecule has 0 atom stereocenters. The number of amides is 2. The molecule has 1 aromatic carbocycles. The second-order valence-electron chi connectivity index (χ2n) is 4.28. The number of nitrogens with zero attached hydrogens (tertiary/aromatic N) is 2. The van der Waals surface area contributed by atoms with Crippen molar-refractivity contribution in [1.29, 1.82) is 0 Å². The van der Waals surface area contributed by atoms with Crippen LogP contribution in [-0.2, 0) is 0 Å². The number of carbonyl (C=O) groups is 2. The van der Waals surface area contributed by atoms with Gasteiger partial charge in [0, 0.05) is 10.7 Å². The maximum Gasteiger partial charge on any atom is 0.267 e. The van der Waals surface area contributed by atoms with Crippen LogP contribution < -0.4 is 4.90 Å². The zero-order chi connectivity index (χ0) is 13.6. The van der Waals surface area contributed by atoms with E-state index in [2.05, 4.69) is 20.9 Å². The molecule has 94 valence electrons. The van der Waals surface area contributed by atoms with Gasteiger partial charge < -0.3 is 0 Å². The Morgan fingerprint density at radius 2 is 1.84 bits per heavy atom.